The lowest BCUT2D eigenvalue weighted by molar-refractivity contribution is -0.132. The van der Waals surface area contributed by atoms with Crippen molar-refractivity contribution in [1.29, 1.82) is 0 Å². The molecule has 19 heavy (non-hydrogen) atoms. The Balaban J connectivity index is 1.80. The minimum atomic E-state index is -0.213. The van der Waals surface area contributed by atoms with E-state index in [9.17, 15) is 9.90 Å². The van der Waals surface area contributed by atoms with Crippen LogP contribution in [0.25, 0.3) is 0 Å². The minimum Gasteiger partial charge on any atom is -0.393 e. The Morgan fingerprint density at radius 2 is 2.42 bits per heavy atom. The molecule has 0 aliphatic carbocycles. The molecule has 1 aromatic rings. The molecule has 0 saturated carbocycles. The number of hydrogen-bond donors (Lipinski definition) is 1. The maximum Gasteiger partial charge on any atom is 0.236 e. The van der Waals surface area contributed by atoms with Gasteiger partial charge in [0.1, 0.15) is 0 Å². The van der Waals surface area contributed by atoms with Gasteiger partial charge < -0.3 is 10.0 Å². The highest BCUT2D eigenvalue weighted by Crippen LogP contribution is 2.16. The largest absolute Gasteiger partial charge is 0.393 e. The predicted octanol–water partition coefficient (Wildman–Crippen LogP) is 1.41. The monoisotopic (exact) mass is 282 g/mol. The van der Waals surface area contributed by atoms with Crippen molar-refractivity contribution in [2.45, 2.75) is 26.0 Å². The second-order valence-electron chi connectivity index (χ2n) is 5.45. The molecule has 2 atom stereocenters. The van der Waals surface area contributed by atoms with Crippen molar-refractivity contribution in [2.75, 3.05) is 26.7 Å². The molecule has 1 aliphatic rings. The molecule has 0 bridgehead atoms. The summed E-state index contributed by atoms with van der Waals surface area (Å²) in [4.78, 5) is 16.1. The molecular weight excluding hydrogens is 260 g/mol. The van der Waals surface area contributed by atoms with Gasteiger partial charge in [0.15, 0.2) is 0 Å². The first-order valence-electron chi connectivity index (χ1n) is 6.71. The summed E-state index contributed by atoms with van der Waals surface area (Å²) in [5.41, 5.74) is 1.18. The predicted molar refractivity (Wildman–Crippen MR) is 77.0 cm³/mol. The SMILES string of the molecule is CC1CN(CC(=O)N(C)Cc2ccsc2)CCC1O. The van der Waals surface area contributed by atoms with Gasteiger partial charge in [0.05, 0.1) is 12.6 Å². The fourth-order valence-corrected chi connectivity index (χ4v) is 3.08. The molecule has 1 saturated heterocycles. The highest BCUT2D eigenvalue weighted by atomic mass is 32.1. The summed E-state index contributed by atoms with van der Waals surface area (Å²) in [5, 5.41) is 13.8. The van der Waals surface area contributed by atoms with E-state index in [1.54, 1.807) is 16.2 Å². The maximum absolute atomic E-state index is 12.2. The molecule has 0 spiro atoms. The highest BCUT2D eigenvalue weighted by molar-refractivity contribution is 7.07. The molecule has 1 amide bonds. The van der Waals surface area contributed by atoms with E-state index < -0.39 is 0 Å². The van der Waals surface area contributed by atoms with E-state index in [0.717, 1.165) is 19.5 Å². The molecular formula is C14H22N2O2S. The number of likely N-dealkylation sites (N-methyl/N-ethyl adjacent to an activating group) is 1. The second kappa shape index (κ2) is 6.50. The van der Waals surface area contributed by atoms with Crippen molar-refractivity contribution >= 4 is 17.2 Å². The van der Waals surface area contributed by atoms with Crippen molar-refractivity contribution < 1.29 is 9.90 Å². The molecule has 1 fully saturated rings. The first-order valence-corrected chi connectivity index (χ1v) is 7.66. The fourth-order valence-electron chi connectivity index (χ4n) is 2.42. The van der Waals surface area contributed by atoms with Crippen LogP contribution in [0, 0.1) is 5.92 Å². The van der Waals surface area contributed by atoms with Gasteiger partial charge in [0, 0.05) is 26.7 Å². The van der Waals surface area contributed by atoms with Crippen LogP contribution in [-0.2, 0) is 11.3 Å². The van der Waals surface area contributed by atoms with Gasteiger partial charge in [-0.25, -0.2) is 0 Å². The third kappa shape index (κ3) is 4.03. The fraction of sp³-hybridized carbons (Fsp3) is 0.643. The zero-order chi connectivity index (χ0) is 13.8. The van der Waals surface area contributed by atoms with Gasteiger partial charge in [0.25, 0.3) is 0 Å². The average Bonchev–Trinajstić information content (AvgIpc) is 2.86. The van der Waals surface area contributed by atoms with E-state index in [-0.39, 0.29) is 17.9 Å². The van der Waals surface area contributed by atoms with Crippen molar-refractivity contribution in [3.8, 4) is 0 Å². The zero-order valence-corrected chi connectivity index (χ0v) is 12.4. The molecule has 2 rings (SSSR count). The smallest absolute Gasteiger partial charge is 0.236 e. The van der Waals surface area contributed by atoms with Crippen molar-refractivity contribution in [3.63, 3.8) is 0 Å². The number of rotatable bonds is 4. The summed E-state index contributed by atoms with van der Waals surface area (Å²) >= 11 is 1.65. The summed E-state index contributed by atoms with van der Waals surface area (Å²) in [6.45, 7) is 4.78. The number of hydrogen-bond acceptors (Lipinski definition) is 4. The molecule has 1 aliphatic heterocycles. The van der Waals surface area contributed by atoms with Gasteiger partial charge in [-0.3, -0.25) is 9.69 Å². The van der Waals surface area contributed by atoms with E-state index in [0.29, 0.717) is 13.1 Å². The van der Waals surface area contributed by atoms with Crippen LogP contribution >= 0.6 is 11.3 Å². The number of nitrogens with zero attached hydrogens (tertiary/aromatic N) is 2. The van der Waals surface area contributed by atoms with Crippen LogP contribution < -0.4 is 0 Å². The molecule has 0 aromatic carbocycles. The van der Waals surface area contributed by atoms with Crippen LogP contribution in [0.4, 0.5) is 0 Å². The molecule has 2 unspecified atom stereocenters. The quantitative estimate of drug-likeness (QED) is 0.908. The van der Waals surface area contributed by atoms with Crippen molar-refractivity contribution in [2.24, 2.45) is 5.92 Å². The lowest BCUT2D eigenvalue weighted by Gasteiger charge is -2.34. The molecule has 4 nitrogen and oxygen atoms in total. The maximum atomic E-state index is 12.2. The van der Waals surface area contributed by atoms with Crippen LogP contribution in [0.3, 0.4) is 0 Å². The number of carbonyl (C=O) groups excluding carboxylic acids is 1. The molecule has 2 heterocycles. The summed E-state index contributed by atoms with van der Waals surface area (Å²) in [5.74, 6) is 0.401. The third-order valence-corrected chi connectivity index (χ3v) is 4.46. The van der Waals surface area contributed by atoms with Crippen LogP contribution in [0.5, 0.6) is 0 Å². The van der Waals surface area contributed by atoms with Gasteiger partial charge in [-0.15, -0.1) is 0 Å². The number of likely N-dealkylation sites (tertiary alicyclic amines) is 1. The molecule has 1 N–H and O–H groups in total. The Morgan fingerprint density at radius 3 is 3.05 bits per heavy atom. The zero-order valence-electron chi connectivity index (χ0n) is 11.6. The number of aliphatic hydroxyl groups is 1. The van der Waals surface area contributed by atoms with Crippen LogP contribution in [0.1, 0.15) is 18.9 Å². The van der Waals surface area contributed by atoms with Crippen LogP contribution in [-0.4, -0.2) is 53.6 Å². The number of thiophene rings is 1. The van der Waals surface area contributed by atoms with E-state index in [2.05, 4.69) is 10.3 Å². The van der Waals surface area contributed by atoms with Gasteiger partial charge in [-0.1, -0.05) is 6.92 Å². The van der Waals surface area contributed by atoms with Crippen LogP contribution in [0.15, 0.2) is 16.8 Å². The first-order chi connectivity index (χ1) is 9.06. The topological polar surface area (TPSA) is 43.8 Å². The highest BCUT2D eigenvalue weighted by Gasteiger charge is 2.26. The van der Waals surface area contributed by atoms with E-state index in [1.165, 1.54) is 5.56 Å². The lowest BCUT2D eigenvalue weighted by atomic mass is 9.97. The summed E-state index contributed by atoms with van der Waals surface area (Å²) < 4.78 is 0. The second-order valence-corrected chi connectivity index (χ2v) is 6.23. The van der Waals surface area contributed by atoms with Crippen LogP contribution in [0.2, 0.25) is 0 Å². The minimum absolute atomic E-state index is 0.148. The average molecular weight is 282 g/mol. The van der Waals surface area contributed by atoms with Gasteiger partial charge in [-0.2, -0.15) is 11.3 Å². The Kier molecular flexibility index (Phi) is 4.96. The normalized spacial score (nSPS) is 24.4. The molecule has 0 radical (unpaired) electrons. The lowest BCUT2D eigenvalue weighted by Crippen LogP contribution is -2.46. The Hall–Kier alpha value is -0.910. The summed E-state index contributed by atoms with van der Waals surface area (Å²) in [7, 11) is 1.85. The standard InChI is InChI=1S/C14H22N2O2S/c1-11-7-16(5-3-13(11)17)9-14(18)15(2)8-12-4-6-19-10-12/h4,6,10-11,13,17H,3,5,7-9H2,1-2H3. The number of amides is 1. The van der Waals surface area contributed by atoms with E-state index >= 15 is 0 Å². The molecule has 1 aromatic heterocycles. The Bertz CT molecular complexity index is 408. The number of piperidine rings is 1. The van der Waals surface area contributed by atoms with E-state index in [1.807, 2.05) is 25.4 Å². The van der Waals surface area contributed by atoms with E-state index in [4.69, 9.17) is 0 Å². The van der Waals surface area contributed by atoms with Gasteiger partial charge >= 0.3 is 0 Å². The van der Waals surface area contributed by atoms with Crippen molar-refractivity contribution in [1.82, 2.24) is 9.80 Å². The van der Waals surface area contributed by atoms with Crippen molar-refractivity contribution in [3.05, 3.63) is 22.4 Å². The number of carbonyl (C=O) groups is 1. The molecule has 106 valence electrons. The third-order valence-electron chi connectivity index (χ3n) is 3.73. The molecule has 5 heteroatoms. The van der Waals surface area contributed by atoms with Gasteiger partial charge in [-0.05, 0) is 34.7 Å². The summed E-state index contributed by atoms with van der Waals surface area (Å²) in [6.07, 6.45) is 0.553. The Morgan fingerprint density at radius 1 is 1.63 bits per heavy atom. The first kappa shape index (κ1) is 14.5. The Labute approximate surface area is 118 Å². The van der Waals surface area contributed by atoms with Gasteiger partial charge in [0.2, 0.25) is 5.91 Å². The number of aliphatic hydroxyl groups excluding tert-OH is 1. The summed E-state index contributed by atoms with van der Waals surface area (Å²) in [6, 6.07) is 2.05.